The van der Waals surface area contributed by atoms with Crippen LogP contribution in [-0.2, 0) is 14.3 Å². The number of carbonyl (C=O) groups excluding carboxylic acids is 3. The van der Waals surface area contributed by atoms with Crippen LogP contribution in [0.4, 0.5) is 0 Å². The number of likely N-dealkylation sites (tertiary alicyclic amines) is 1. The van der Waals surface area contributed by atoms with E-state index in [9.17, 15) is 14.4 Å². The van der Waals surface area contributed by atoms with E-state index in [1.807, 2.05) is 18.2 Å². The van der Waals surface area contributed by atoms with Crippen LogP contribution < -0.4 is 10.6 Å². The highest BCUT2D eigenvalue weighted by Gasteiger charge is 2.33. The first kappa shape index (κ1) is 21.3. The van der Waals surface area contributed by atoms with E-state index < -0.39 is 0 Å². The van der Waals surface area contributed by atoms with Crippen LogP contribution in [-0.4, -0.2) is 61.5 Å². The van der Waals surface area contributed by atoms with Gasteiger partial charge in [0.2, 0.25) is 11.8 Å². The average molecular weight is 402 g/mol. The van der Waals surface area contributed by atoms with Crippen LogP contribution in [0.1, 0.15) is 48.9 Å². The third-order valence-corrected chi connectivity index (χ3v) is 5.86. The molecule has 1 aromatic rings. The van der Waals surface area contributed by atoms with Crippen LogP contribution in [0.5, 0.6) is 0 Å². The van der Waals surface area contributed by atoms with Gasteiger partial charge >= 0.3 is 0 Å². The van der Waals surface area contributed by atoms with Gasteiger partial charge < -0.3 is 20.3 Å². The van der Waals surface area contributed by atoms with Crippen molar-refractivity contribution in [2.75, 3.05) is 26.8 Å². The second-order valence-electron chi connectivity index (χ2n) is 7.96. The molecule has 0 unspecified atom stereocenters. The maximum Gasteiger partial charge on any atom is 0.251 e. The van der Waals surface area contributed by atoms with Gasteiger partial charge in [0.05, 0.1) is 5.92 Å². The lowest BCUT2D eigenvalue weighted by atomic mass is 9.88. The number of nitrogens with zero attached hydrogens (tertiary/aromatic N) is 1. The summed E-state index contributed by atoms with van der Waals surface area (Å²) in [6.45, 7) is 1.15. The Morgan fingerprint density at radius 3 is 2.38 bits per heavy atom. The van der Waals surface area contributed by atoms with Gasteiger partial charge in [-0.15, -0.1) is 0 Å². The SMILES string of the molecule is COCC(=O)N1CCC[C@@H](C(=O)N[C@@H]2CCCC[C@H]2NC(=O)c2ccccc2)C1. The summed E-state index contributed by atoms with van der Waals surface area (Å²) >= 11 is 0. The molecule has 3 amide bonds. The molecule has 7 nitrogen and oxygen atoms in total. The molecule has 1 aromatic carbocycles. The largest absolute Gasteiger partial charge is 0.375 e. The number of rotatable bonds is 6. The highest BCUT2D eigenvalue weighted by Crippen LogP contribution is 2.22. The van der Waals surface area contributed by atoms with Gasteiger partial charge in [0.25, 0.3) is 5.91 Å². The Morgan fingerprint density at radius 2 is 1.69 bits per heavy atom. The van der Waals surface area contributed by atoms with Crippen molar-refractivity contribution in [2.45, 2.75) is 50.6 Å². The van der Waals surface area contributed by atoms with Crippen LogP contribution >= 0.6 is 0 Å². The van der Waals surface area contributed by atoms with E-state index in [-0.39, 0.29) is 42.3 Å². The Morgan fingerprint density at radius 1 is 1.00 bits per heavy atom. The monoisotopic (exact) mass is 401 g/mol. The molecule has 0 bridgehead atoms. The maximum atomic E-state index is 12.9. The average Bonchev–Trinajstić information content (AvgIpc) is 2.76. The molecule has 1 saturated heterocycles. The Bertz CT molecular complexity index is 709. The Hall–Kier alpha value is -2.41. The van der Waals surface area contributed by atoms with E-state index in [0.29, 0.717) is 18.7 Å². The molecule has 1 saturated carbocycles. The number of amides is 3. The van der Waals surface area contributed by atoms with E-state index in [4.69, 9.17) is 4.74 Å². The van der Waals surface area contributed by atoms with Crippen LogP contribution in [0.3, 0.4) is 0 Å². The van der Waals surface area contributed by atoms with Crippen molar-refractivity contribution in [3.8, 4) is 0 Å². The minimum absolute atomic E-state index is 0.0224. The van der Waals surface area contributed by atoms with Crippen LogP contribution in [0.15, 0.2) is 30.3 Å². The van der Waals surface area contributed by atoms with Crippen molar-refractivity contribution in [1.29, 1.82) is 0 Å². The van der Waals surface area contributed by atoms with Crippen LogP contribution in [0.25, 0.3) is 0 Å². The third-order valence-electron chi connectivity index (χ3n) is 5.86. The number of hydrogen-bond donors (Lipinski definition) is 2. The second kappa shape index (κ2) is 10.4. The highest BCUT2D eigenvalue weighted by atomic mass is 16.5. The zero-order chi connectivity index (χ0) is 20.6. The number of methoxy groups -OCH3 is 1. The van der Waals surface area contributed by atoms with Crippen molar-refractivity contribution in [2.24, 2.45) is 5.92 Å². The first-order valence-corrected chi connectivity index (χ1v) is 10.5. The Balaban J connectivity index is 1.57. The molecule has 2 fully saturated rings. The number of ether oxygens (including phenoxy) is 1. The predicted molar refractivity (Wildman–Crippen MR) is 109 cm³/mol. The molecule has 0 radical (unpaired) electrons. The van der Waals surface area contributed by atoms with Crippen molar-refractivity contribution in [1.82, 2.24) is 15.5 Å². The normalized spacial score (nSPS) is 24.6. The number of nitrogens with one attached hydrogen (secondary N) is 2. The summed E-state index contributed by atoms with van der Waals surface area (Å²) in [6.07, 6.45) is 5.36. The topological polar surface area (TPSA) is 87.7 Å². The minimum atomic E-state index is -0.211. The van der Waals surface area contributed by atoms with Gasteiger partial charge in [0.1, 0.15) is 6.61 Å². The number of benzene rings is 1. The van der Waals surface area contributed by atoms with E-state index in [0.717, 1.165) is 38.5 Å². The molecule has 3 rings (SSSR count). The highest BCUT2D eigenvalue weighted by molar-refractivity contribution is 5.94. The summed E-state index contributed by atoms with van der Waals surface area (Å²) in [5.74, 6) is -0.413. The lowest BCUT2D eigenvalue weighted by Gasteiger charge is -2.36. The van der Waals surface area contributed by atoms with E-state index >= 15 is 0 Å². The van der Waals surface area contributed by atoms with Gasteiger partial charge in [0.15, 0.2) is 0 Å². The third kappa shape index (κ3) is 5.79. The van der Waals surface area contributed by atoms with E-state index in [2.05, 4.69) is 10.6 Å². The summed E-state index contributed by atoms with van der Waals surface area (Å²) in [6, 6.07) is 9.00. The maximum absolute atomic E-state index is 12.9. The molecule has 1 aliphatic heterocycles. The summed E-state index contributed by atoms with van der Waals surface area (Å²) in [5.41, 5.74) is 0.628. The van der Waals surface area contributed by atoms with Crippen LogP contribution in [0, 0.1) is 5.92 Å². The zero-order valence-corrected chi connectivity index (χ0v) is 17.1. The fourth-order valence-electron chi connectivity index (χ4n) is 4.25. The first-order valence-electron chi connectivity index (χ1n) is 10.5. The molecule has 0 aromatic heterocycles. The lowest BCUT2D eigenvalue weighted by molar-refractivity contribution is -0.139. The van der Waals surface area contributed by atoms with Gasteiger partial charge in [0, 0.05) is 37.8 Å². The number of piperidine rings is 1. The number of carbonyl (C=O) groups is 3. The molecule has 29 heavy (non-hydrogen) atoms. The summed E-state index contributed by atoms with van der Waals surface area (Å²) in [4.78, 5) is 39.2. The molecule has 3 atom stereocenters. The van der Waals surface area contributed by atoms with Gasteiger partial charge in [-0.3, -0.25) is 14.4 Å². The predicted octanol–water partition coefficient (Wildman–Crippen LogP) is 1.73. The standard InChI is InChI=1S/C22H31N3O4/c1-29-15-20(26)25-13-7-10-17(14-25)22(28)24-19-12-6-5-11-18(19)23-21(27)16-8-3-2-4-9-16/h2-4,8-9,17-19H,5-7,10-15H2,1H3,(H,23,27)(H,24,28)/t17-,18-,19-/m1/s1. The first-order chi connectivity index (χ1) is 14.1. The summed E-state index contributed by atoms with van der Waals surface area (Å²) in [5, 5.41) is 6.27. The summed E-state index contributed by atoms with van der Waals surface area (Å²) < 4.78 is 4.93. The minimum Gasteiger partial charge on any atom is -0.375 e. The van der Waals surface area contributed by atoms with Crippen molar-refractivity contribution < 1.29 is 19.1 Å². The molecular formula is C22H31N3O4. The molecule has 0 spiro atoms. The quantitative estimate of drug-likeness (QED) is 0.760. The fraction of sp³-hybridized carbons (Fsp3) is 0.591. The zero-order valence-electron chi connectivity index (χ0n) is 17.1. The van der Waals surface area contributed by atoms with E-state index in [1.54, 1.807) is 17.0 Å². The smallest absolute Gasteiger partial charge is 0.251 e. The van der Waals surface area contributed by atoms with Gasteiger partial charge in [-0.25, -0.2) is 0 Å². The number of hydrogen-bond acceptors (Lipinski definition) is 4. The summed E-state index contributed by atoms with van der Waals surface area (Å²) in [7, 11) is 1.50. The molecule has 158 valence electrons. The van der Waals surface area contributed by atoms with Crippen molar-refractivity contribution in [3.05, 3.63) is 35.9 Å². The van der Waals surface area contributed by atoms with E-state index in [1.165, 1.54) is 7.11 Å². The fourth-order valence-corrected chi connectivity index (χ4v) is 4.25. The molecule has 1 aliphatic carbocycles. The van der Waals surface area contributed by atoms with Crippen LogP contribution in [0.2, 0.25) is 0 Å². The van der Waals surface area contributed by atoms with Gasteiger partial charge in [-0.1, -0.05) is 31.0 Å². The Kier molecular flexibility index (Phi) is 7.63. The molecule has 1 heterocycles. The molecule has 2 aliphatic rings. The van der Waals surface area contributed by atoms with Crippen molar-refractivity contribution >= 4 is 17.7 Å². The Labute approximate surface area is 172 Å². The van der Waals surface area contributed by atoms with Crippen molar-refractivity contribution in [3.63, 3.8) is 0 Å². The van der Waals surface area contributed by atoms with Gasteiger partial charge in [-0.2, -0.15) is 0 Å². The molecule has 2 N–H and O–H groups in total. The molecule has 7 heteroatoms. The lowest BCUT2D eigenvalue weighted by Crippen LogP contribution is -2.55. The second-order valence-corrected chi connectivity index (χ2v) is 7.96. The molecular weight excluding hydrogens is 370 g/mol. The van der Waals surface area contributed by atoms with Gasteiger partial charge in [-0.05, 0) is 37.8 Å².